The molecular weight excluding hydrogens is 423 g/mol. The van der Waals surface area contributed by atoms with Gasteiger partial charge in [-0.15, -0.1) is 0 Å². The lowest BCUT2D eigenvalue weighted by atomic mass is 10.1. The molecule has 1 aliphatic rings. The SMILES string of the molecule is CC(=O)Nc1ccc(N2CCN(C(=O)CC(C)C)CC2)c(C(=O)NCc2ccc(F)cc2)c1. The van der Waals surface area contributed by atoms with Gasteiger partial charge in [-0.2, -0.15) is 0 Å². The van der Waals surface area contributed by atoms with E-state index in [-0.39, 0.29) is 30.1 Å². The van der Waals surface area contributed by atoms with Crippen LogP contribution in [0.4, 0.5) is 15.8 Å². The second-order valence-electron chi connectivity index (χ2n) is 8.69. The summed E-state index contributed by atoms with van der Waals surface area (Å²) >= 11 is 0. The highest BCUT2D eigenvalue weighted by molar-refractivity contribution is 6.02. The first-order chi connectivity index (χ1) is 15.7. The minimum absolute atomic E-state index is 0.155. The first-order valence-corrected chi connectivity index (χ1v) is 11.2. The third-order valence-corrected chi connectivity index (χ3v) is 5.48. The molecule has 2 N–H and O–H groups in total. The summed E-state index contributed by atoms with van der Waals surface area (Å²) in [7, 11) is 0. The highest BCUT2D eigenvalue weighted by atomic mass is 19.1. The number of carbonyl (C=O) groups excluding carboxylic acids is 3. The number of carbonyl (C=O) groups is 3. The number of benzene rings is 2. The third kappa shape index (κ3) is 6.78. The predicted octanol–water partition coefficient (Wildman–Crippen LogP) is 3.41. The standard InChI is InChI=1S/C25H31FN4O3/c1-17(2)14-24(32)30-12-10-29(11-13-30)23-9-8-21(28-18(3)31)15-22(23)25(33)27-16-19-4-6-20(26)7-5-19/h4-9,15,17H,10-14,16H2,1-3H3,(H,27,33)(H,28,31). The molecule has 8 heteroatoms. The quantitative estimate of drug-likeness (QED) is 0.672. The van der Waals surface area contributed by atoms with Crippen molar-refractivity contribution in [3.8, 4) is 0 Å². The smallest absolute Gasteiger partial charge is 0.253 e. The van der Waals surface area contributed by atoms with Crippen molar-refractivity contribution in [3.05, 3.63) is 59.4 Å². The molecule has 1 saturated heterocycles. The number of hydrogen-bond donors (Lipinski definition) is 2. The van der Waals surface area contributed by atoms with Gasteiger partial charge in [0.25, 0.3) is 5.91 Å². The molecule has 0 radical (unpaired) electrons. The summed E-state index contributed by atoms with van der Waals surface area (Å²) in [5.74, 6) is -0.380. The summed E-state index contributed by atoms with van der Waals surface area (Å²) in [6, 6.07) is 11.2. The molecule has 0 aromatic heterocycles. The molecule has 0 unspecified atom stereocenters. The lowest BCUT2D eigenvalue weighted by Crippen LogP contribution is -2.49. The predicted molar refractivity (Wildman–Crippen MR) is 127 cm³/mol. The molecule has 0 spiro atoms. The van der Waals surface area contributed by atoms with Crippen LogP contribution in [0.15, 0.2) is 42.5 Å². The van der Waals surface area contributed by atoms with Crippen LogP contribution < -0.4 is 15.5 Å². The van der Waals surface area contributed by atoms with E-state index < -0.39 is 0 Å². The van der Waals surface area contributed by atoms with E-state index >= 15 is 0 Å². The van der Waals surface area contributed by atoms with E-state index in [1.165, 1.54) is 19.1 Å². The summed E-state index contributed by atoms with van der Waals surface area (Å²) in [5, 5.41) is 5.60. The molecule has 0 atom stereocenters. The number of nitrogens with one attached hydrogen (secondary N) is 2. The Morgan fingerprint density at radius 2 is 1.67 bits per heavy atom. The Balaban J connectivity index is 1.75. The maximum Gasteiger partial charge on any atom is 0.253 e. The lowest BCUT2D eigenvalue weighted by molar-refractivity contribution is -0.132. The summed E-state index contributed by atoms with van der Waals surface area (Å²) < 4.78 is 13.1. The van der Waals surface area contributed by atoms with Gasteiger partial charge in [0, 0.05) is 57.4 Å². The Hall–Kier alpha value is -3.42. The van der Waals surface area contributed by atoms with Crippen LogP contribution in [0.3, 0.4) is 0 Å². The van der Waals surface area contributed by atoms with E-state index in [1.807, 2.05) is 24.8 Å². The number of amides is 3. The van der Waals surface area contributed by atoms with Gasteiger partial charge in [0.1, 0.15) is 5.82 Å². The van der Waals surface area contributed by atoms with E-state index in [0.717, 1.165) is 11.3 Å². The molecule has 0 aliphatic carbocycles. The zero-order chi connectivity index (χ0) is 24.0. The summed E-state index contributed by atoms with van der Waals surface area (Å²) in [6.07, 6.45) is 0.530. The van der Waals surface area contributed by atoms with E-state index in [2.05, 4.69) is 15.5 Å². The van der Waals surface area contributed by atoms with Crippen LogP contribution in [0.1, 0.15) is 43.1 Å². The third-order valence-electron chi connectivity index (χ3n) is 5.48. The first-order valence-electron chi connectivity index (χ1n) is 11.2. The highest BCUT2D eigenvalue weighted by Gasteiger charge is 2.25. The Bertz CT molecular complexity index is 999. The molecule has 1 fully saturated rings. The van der Waals surface area contributed by atoms with Gasteiger partial charge in [-0.25, -0.2) is 4.39 Å². The van der Waals surface area contributed by atoms with Crippen LogP contribution in [0, 0.1) is 11.7 Å². The molecule has 1 heterocycles. The minimum Gasteiger partial charge on any atom is -0.367 e. The highest BCUT2D eigenvalue weighted by Crippen LogP contribution is 2.26. The summed E-state index contributed by atoms with van der Waals surface area (Å²) in [5.41, 5.74) is 2.49. The van der Waals surface area contributed by atoms with Gasteiger partial charge < -0.3 is 20.4 Å². The Morgan fingerprint density at radius 3 is 2.27 bits per heavy atom. The molecule has 7 nitrogen and oxygen atoms in total. The average Bonchev–Trinajstić information content (AvgIpc) is 2.78. The molecule has 1 aliphatic heterocycles. The van der Waals surface area contributed by atoms with Gasteiger partial charge >= 0.3 is 0 Å². The van der Waals surface area contributed by atoms with Crippen molar-refractivity contribution in [3.63, 3.8) is 0 Å². The van der Waals surface area contributed by atoms with E-state index in [9.17, 15) is 18.8 Å². The first kappa shape index (κ1) is 24.2. The fraction of sp³-hybridized carbons (Fsp3) is 0.400. The van der Waals surface area contributed by atoms with E-state index in [1.54, 1.807) is 24.3 Å². The average molecular weight is 455 g/mol. The van der Waals surface area contributed by atoms with Crippen LogP contribution in [-0.2, 0) is 16.1 Å². The monoisotopic (exact) mass is 454 g/mol. The van der Waals surface area contributed by atoms with Crippen LogP contribution in [-0.4, -0.2) is 48.8 Å². The van der Waals surface area contributed by atoms with Crippen molar-refractivity contribution in [2.75, 3.05) is 36.4 Å². The van der Waals surface area contributed by atoms with Crippen LogP contribution in [0.25, 0.3) is 0 Å². The molecule has 3 amide bonds. The number of halogens is 1. The maximum absolute atomic E-state index is 13.1. The molecule has 0 bridgehead atoms. The van der Waals surface area contributed by atoms with E-state index in [4.69, 9.17) is 0 Å². The number of piperazine rings is 1. The summed E-state index contributed by atoms with van der Waals surface area (Å²) in [6.45, 7) is 8.13. The second kappa shape index (κ2) is 10.9. The van der Waals surface area contributed by atoms with Crippen molar-refractivity contribution in [2.45, 2.75) is 33.7 Å². The van der Waals surface area contributed by atoms with Crippen molar-refractivity contribution in [1.82, 2.24) is 10.2 Å². The largest absolute Gasteiger partial charge is 0.367 e. The minimum atomic E-state index is -0.332. The molecule has 2 aromatic rings. The number of nitrogens with zero attached hydrogens (tertiary/aromatic N) is 2. The molecule has 3 rings (SSSR count). The topological polar surface area (TPSA) is 81.8 Å². The second-order valence-corrected chi connectivity index (χ2v) is 8.69. The van der Waals surface area contributed by atoms with Gasteiger partial charge in [-0.3, -0.25) is 14.4 Å². The van der Waals surface area contributed by atoms with Crippen LogP contribution >= 0.6 is 0 Å². The van der Waals surface area contributed by atoms with Gasteiger partial charge in [0.05, 0.1) is 5.56 Å². The van der Waals surface area contributed by atoms with Crippen molar-refractivity contribution in [1.29, 1.82) is 0 Å². The maximum atomic E-state index is 13.1. The zero-order valence-electron chi connectivity index (χ0n) is 19.4. The molecule has 2 aromatic carbocycles. The zero-order valence-corrected chi connectivity index (χ0v) is 19.4. The lowest BCUT2D eigenvalue weighted by Gasteiger charge is -2.37. The fourth-order valence-corrected chi connectivity index (χ4v) is 3.83. The Labute approximate surface area is 193 Å². The van der Waals surface area contributed by atoms with Gasteiger partial charge in [0.15, 0.2) is 0 Å². The molecule has 33 heavy (non-hydrogen) atoms. The van der Waals surface area contributed by atoms with Crippen LogP contribution in [0.5, 0.6) is 0 Å². The summed E-state index contributed by atoms with van der Waals surface area (Å²) in [4.78, 5) is 40.9. The van der Waals surface area contributed by atoms with E-state index in [0.29, 0.717) is 49.8 Å². The number of hydrogen-bond acceptors (Lipinski definition) is 4. The Morgan fingerprint density at radius 1 is 1.00 bits per heavy atom. The Kier molecular flexibility index (Phi) is 8.03. The van der Waals surface area contributed by atoms with Crippen molar-refractivity contribution in [2.24, 2.45) is 5.92 Å². The van der Waals surface area contributed by atoms with Crippen molar-refractivity contribution >= 4 is 29.1 Å². The van der Waals surface area contributed by atoms with Crippen molar-refractivity contribution < 1.29 is 18.8 Å². The molecule has 176 valence electrons. The molecule has 0 saturated carbocycles. The normalized spacial score (nSPS) is 13.7. The number of anilines is 2. The van der Waals surface area contributed by atoms with Gasteiger partial charge in [-0.1, -0.05) is 26.0 Å². The van der Waals surface area contributed by atoms with Gasteiger partial charge in [-0.05, 0) is 41.8 Å². The van der Waals surface area contributed by atoms with Crippen LogP contribution in [0.2, 0.25) is 0 Å². The fourth-order valence-electron chi connectivity index (χ4n) is 3.83. The van der Waals surface area contributed by atoms with Gasteiger partial charge in [0.2, 0.25) is 11.8 Å². The number of rotatable bonds is 7. The molecular formula is C25H31FN4O3.